The number of piperazine rings is 1. The van der Waals surface area contributed by atoms with Gasteiger partial charge in [0.25, 0.3) is 0 Å². The molecule has 2 aliphatic rings. The van der Waals surface area contributed by atoms with Crippen LogP contribution in [0.5, 0.6) is 11.5 Å². The summed E-state index contributed by atoms with van der Waals surface area (Å²) in [5.41, 5.74) is 1.17. The van der Waals surface area contributed by atoms with Gasteiger partial charge in [-0.1, -0.05) is 18.9 Å². The number of phenolic OH excluding ortho intramolecular Hbond substituents is 1. The highest BCUT2D eigenvalue weighted by Gasteiger charge is 2.32. The average molecular weight is 348 g/mol. The summed E-state index contributed by atoms with van der Waals surface area (Å²) >= 11 is 0. The molecule has 0 amide bonds. The third-order valence-electron chi connectivity index (χ3n) is 5.60. The van der Waals surface area contributed by atoms with Crippen LogP contribution in [0.3, 0.4) is 0 Å². The summed E-state index contributed by atoms with van der Waals surface area (Å²) in [6.45, 7) is 6.75. The number of hydrogen-bond donors (Lipinski definition) is 2. The lowest BCUT2D eigenvalue weighted by Crippen LogP contribution is -2.55. The van der Waals surface area contributed by atoms with Crippen molar-refractivity contribution in [3.05, 3.63) is 23.8 Å². The quantitative estimate of drug-likeness (QED) is 0.793. The monoisotopic (exact) mass is 348 g/mol. The van der Waals surface area contributed by atoms with E-state index < -0.39 is 0 Å². The van der Waals surface area contributed by atoms with Gasteiger partial charge in [-0.3, -0.25) is 9.80 Å². The van der Waals surface area contributed by atoms with Crippen LogP contribution in [-0.2, 0) is 6.54 Å². The molecular weight excluding hydrogens is 316 g/mol. The van der Waals surface area contributed by atoms with Crippen molar-refractivity contribution in [3.8, 4) is 11.5 Å². The number of nitrogens with zero attached hydrogens (tertiary/aromatic N) is 2. The summed E-state index contributed by atoms with van der Waals surface area (Å²) in [4.78, 5) is 5.12. The van der Waals surface area contributed by atoms with E-state index in [0.717, 1.165) is 38.6 Å². The van der Waals surface area contributed by atoms with E-state index in [0.29, 0.717) is 18.4 Å². The van der Waals surface area contributed by atoms with E-state index in [-0.39, 0.29) is 12.4 Å². The van der Waals surface area contributed by atoms with Gasteiger partial charge in [-0.2, -0.15) is 0 Å². The van der Waals surface area contributed by atoms with Gasteiger partial charge in [0, 0.05) is 44.9 Å². The van der Waals surface area contributed by atoms with Crippen LogP contribution in [0.1, 0.15) is 44.6 Å². The summed E-state index contributed by atoms with van der Waals surface area (Å²) in [6.07, 6.45) is 6.19. The van der Waals surface area contributed by atoms with E-state index in [1.165, 1.54) is 31.2 Å². The molecule has 3 rings (SSSR count). The molecule has 1 heterocycles. The van der Waals surface area contributed by atoms with E-state index in [1.807, 2.05) is 19.1 Å². The van der Waals surface area contributed by atoms with Crippen LogP contribution in [0, 0.1) is 0 Å². The number of rotatable bonds is 7. The molecule has 2 N–H and O–H groups in total. The number of aliphatic hydroxyl groups excluding tert-OH is 1. The second-order valence-electron chi connectivity index (χ2n) is 7.31. The molecule has 140 valence electrons. The molecule has 1 aliphatic carbocycles. The van der Waals surface area contributed by atoms with Gasteiger partial charge < -0.3 is 14.9 Å². The number of aliphatic hydroxyl groups is 1. The van der Waals surface area contributed by atoms with Crippen LogP contribution in [0.25, 0.3) is 0 Å². The number of phenols is 1. The normalized spacial score (nSPS) is 23.2. The van der Waals surface area contributed by atoms with E-state index >= 15 is 0 Å². The Morgan fingerprint density at radius 3 is 2.72 bits per heavy atom. The van der Waals surface area contributed by atoms with Crippen LogP contribution in [0.15, 0.2) is 18.2 Å². The first-order chi connectivity index (χ1) is 12.2. The fourth-order valence-electron chi connectivity index (χ4n) is 4.39. The lowest BCUT2D eigenvalue weighted by atomic mass is 10.0. The lowest BCUT2D eigenvalue weighted by Gasteiger charge is -2.44. The molecule has 2 fully saturated rings. The first-order valence-corrected chi connectivity index (χ1v) is 9.75. The molecule has 0 spiro atoms. The topological polar surface area (TPSA) is 56.2 Å². The SMILES string of the molecule is CCOc1cc(CN2CCN(C3CCCC3)C(CCO)C2)ccc1O. The van der Waals surface area contributed by atoms with Crippen molar-refractivity contribution in [2.24, 2.45) is 0 Å². The van der Waals surface area contributed by atoms with E-state index in [2.05, 4.69) is 9.80 Å². The molecule has 1 saturated carbocycles. The molecule has 1 aromatic carbocycles. The van der Waals surface area contributed by atoms with Gasteiger partial charge in [-0.05, 0) is 43.9 Å². The Kier molecular flexibility index (Phi) is 6.57. The molecule has 0 bridgehead atoms. The maximum absolute atomic E-state index is 9.87. The lowest BCUT2D eigenvalue weighted by molar-refractivity contribution is 0.0267. The van der Waals surface area contributed by atoms with Crippen molar-refractivity contribution in [1.82, 2.24) is 9.80 Å². The number of ether oxygens (including phenoxy) is 1. The molecule has 0 radical (unpaired) electrons. The highest BCUT2D eigenvalue weighted by atomic mass is 16.5. The molecule has 0 aromatic heterocycles. The van der Waals surface area contributed by atoms with Crippen LogP contribution in [0.4, 0.5) is 0 Å². The fraction of sp³-hybridized carbons (Fsp3) is 0.700. The van der Waals surface area contributed by atoms with Gasteiger partial charge in [0.15, 0.2) is 11.5 Å². The summed E-state index contributed by atoms with van der Waals surface area (Å²) in [5, 5.41) is 19.4. The molecule has 1 aromatic rings. The number of benzene rings is 1. The zero-order valence-corrected chi connectivity index (χ0v) is 15.4. The molecule has 1 saturated heterocycles. The summed E-state index contributed by atoms with van der Waals surface area (Å²) < 4.78 is 5.50. The standard InChI is InChI=1S/C20H32N2O3/c1-2-25-20-13-16(7-8-19(20)24)14-21-10-11-22(17-5-3-4-6-17)18(15-21)9-12-23/h7-8,13,17-18,23-24H,2-6,9-12,14-15H2,1H3. The van der Waals surface area contributed by atoms with Crippen molar-refractivity contribution < 1.29 is 14.9 Å². The van der Waals surface area contributed by atoms with Gasteiger partial charge >= 0.3 is 0 Å². The van der Waals surface area contributed by atoms with E-state index in [4.69, 9.17) is 4.74 Å². The predicted octanol–water partition coefficient (Wildman–Crippen LogP) is 2.60. The van der Waals surface area contributed by atoms with Crippen LogP contribution >= 0.6 is 0 Å². The van der Waals surface area contributed by atoms with Gasteiger partial charge in [-0.15, -0.1) is 0 Å². The molecule has 1 unspecified atom stereocenters. The van der Waals surface area contributed by atoms with Crippen molar-refractivity contribution in [3.63, 3.8) is 0 Å². The van der Waals surface area contributed by atoms with Gasteiger partial charge in [0.05, 0.1) is 6.61 Å². The smallest absolute Gasteiger partial charge is 0.161 e. The first kappa shape index (κ1) is 18.5. The van der Waals surface area contributed by atoms with Crippen LogP contribution < -0.4 is 4.74 Å². The Balaban J connectivity index is 1.63. The second-order valence-corrected chi connectivity index (χ2v) is 7.31. The second kappa shape index (κ2) is 8.88. The molecule has 25 heavy (non-hydrogen) atoms. The largest absolute Gasteiger partial charge is 0.504 e. The van der Waals surface area contributed by atoms with Gasteiger partial charge in [0.1, 0.15) is 0 Å². The van der Waals surface area contributed by atoms with Gasteiger partial charge in [0.2, 0.25) is 0 Å². The molecule has 5 nitrogen and oxygen atoms in total. The fourth-order valence-corrected chi connectivity index (χ4v) is 4.39. The Bertz CT molecular complexity index is 546. The zero-order chi connectivity index (χ0) is 17.6. The average Bonchev–Trinajstić information content (AvgIpc) is 3.13. The highest BCUT2D eigenvalue weighted by molar-refractivity contribution is 5.41. The highest BCUT2D eigenvalue weighted by Crippen LogP contribution is 2.30. The summed E-state index contributed by atoms with van der Waals surface area (Å²) in [5.74, 6) is 0.770. The van der Waals surface area contributed by atoms with Crippen molar-refractivity contribution in [2.75, 3.05) is 32.8 Å². The zero-order valence-electron chi connectivity index (χ0n) is 15.4. The van der Waals surface area contributed by atoms with E-state index in [1.54, 1.807) is 6.07 Å². The summed E-state index contributed by atoms with van der Waals surface area (Å²) in [7, 11) is 0. The number of hydrogen-bond acceptors (Lipinski definition) is 5. The Labute approximate surface area is 151 Å². The predicted molar refractivity (Wildman–Crippen MR) is 99.0 cm³/mol. The van der Waals surface area contributed by atoms with Crippen LogP contribution in [0.2, 0.25) is 0 Å². The first-order valence-electron chi connectivity index (χ1n) is 9.75. The Morgan fingerprint density at radius 1 is 1.20 bits per heavy atom. The third-order valence-corrected chi connectivity index (χ3v) is 5.60. The van der Waals surface area contributed by atoms with Crippen molar-refractivity contribution >= 4 is 0 Å². The maximum atomic E-state index is 9.87. The Morgan fingerprint density at radius 2 is 2.00 bits per heavy atom. The Hall–Kier alpha value is -1.30. The maximum Gasteiger partial charge on any atom is 0.161 e. The van der Waals surface area contributed by atoms with Crippen molar-refractivity contribution in [1.29, 1.82) is 0 Å². The van der Waals surface area contributed by atoms with E-state index in [9.17, 15) is 10.2 Å². The van der Waals surface area contributed by atoms with Crippen LogP contribution in [-0.4, -0.2) is 64.9 Å². The summed E-state index contributed by atoms with van der Waals surface area (Å²) in [6, 6.07) is 6.81. The van der Waals surface area contributed by atoms with Crippen molar-refractivity contribution in [2.45, 2.75) is 57.7 Å². The number of aromatic hydroxyl groups is 1. The minimum atomic E-state index is 0.204. The molecule has 5 heteroatoms. The molecular formula is C20H32N2O3. The minimum absolute atomic E-state index is 0.204. The molecule has 1 atom stereocenters. The molecule has 1 aliphatic heterocycles. The minimum Gasteiger partial charge on any atom is -0.504 e. The van der Waals surface area contributed by atoms with Gasteiger partial charge in [-0.25, -0.2) is 0 Å². The third kappa shape index (κ3) is 4.66.